The van der Waals surface area contributed by atoms with E-state index in [1.54, 1.807) is 17.8 Å². The number of fused-ring (bicyclic) bond motifs is 1. The van der Waals surface area contributed by atoms with E-state index in [0.29, 0.717) is 24.7 Å². The van der Waals surface area contributed by atoms with Gasteiger partial charge in [0.1, 0.15) is 23.6 Å². The van der Waals surface area contributed by atoms with Gasteiger partial charge in [0.2, 0.25) is 5.88 Å². The Morgan fingerprint density at radius 2 is 1.94 bits per heavy atom. The van der Waals surface area contributed by atoms with Crippen LogP contribution in [-0.4, -0.2) is 50.9 Å². The van der Waals surface area contributed by atoms with Crippen LogP contribution >= 0.6 is 0 Å². The van der Waals surface area contributed by atoms with Crippen LogP contribution < -0.4 is 14.4 Å². The third-order valence-corrected chi connectivity index (χ3v) is 5.84. The third kappa shape index (κ3) is 5.10. The van der Waals surface area contributed by atoms with Crippen LogP contribution in [0.4, 0.5) is 5.69 Å². The Labute approximate surface area is 210 Å². The molecule has 0 amide bonds. The van der Waals surface area contributed by atoms with Crippen molar-refractivity contribution in [3.05, 3.63) is 65.7 Å². The molecular formula is C27H31N5O4. The van der Waals surface area contributed by atoms with Gasteiger partial charge in [0.25, 0.3) is 0 Å². The minimum Gasteiger partial charge on any atom is -0.497 e. The van der Waals surface area contributed by atoms with Gasteiger partial charge in [-0.1, -0.05) is 26.0 Å². The fraction of sp³-hybridized carbons (Fsp3) is 0.333. The number of nitrogens with zero attached hydrogens (tertiary/aromatic N) is 5. The molecule has 188 valence electrons. The highest BCUT2D eigenvalue weighted by Gasteiger charge is 2.24. The Hall–Kier alpha value is -4.14. The molecule has 0 spiro atoms. The van der Waals surface area contributed by atoms with Gasteiger partial charge in [0.05, 0.1) is 36.4 Å². The smallest absolute Gasteiger partial charge is 0.323 e. The molecule has 3 aromatic heterocycles. The lowest BCUT2D eigenvalue weighted by Crippen LogP contribution is -2.30. The summed E-state index contributed by atoms with van der Waals surface area (Å²) in [4.78, 5) is 23.0. The normalized spacial score (nSPS) is 11.2. The Bertz CT molecular complexity index is 1360. The molecule has 0 saturated heterocycles. The second-order valence-electron chi connectivity index (χ2n) is 8.76. The average Bonchev–Trinajstić information content (AvgIpc) is 3.20. The number of anilines is 1. The van der Waals surface area contributed by atoms with Crippen molar-refractivity contribution >= 4 is 17.2 Å². The highest BCUT2D eigenvalue weighted by Crippen LogP contribution is 2.35. The Morgan fingerprint density at radius 3 is 2.58 bits per heavy atom. The number of rotatable bonds is 10. The van der Waals surface area contributed by atoms with E-state index in [0.717, 1.165) is 39.6 Å². The molecule has 0 aliphatic heterocycles. The Balaban J connectivity index is 1.94. The van der Waals surface area contributed by atoms with Crippen LogP contribution in [0.5, 0.6) is 11.6 Å². The zero-order valence-electron chi connectivity index (χ0n) is 21.2. The molecule has 36 heavy (non-hydrogen) atoms. The summed E-state index contributed by atoms with van der Waals surface area (Å²) in [6.07, 6.45) is 1.67. The highest BCUT2D eigenvalue weighted by molar-refractivity contribution is 5.84. The summed E-state index contributed by atoms with van der Waals surface area (Å²) in [5, 5.41) is 14.7. The number of carboxylic acids is 1. The molecule has 0 bridgehead atoms. The number of benzene rings is 1. The van der Waals surface area contributed by atoms with Crippen molar-refractivity contribution < 1.29 is 19.4 Å². The lowest BCUT2D eigenvalue weighted by molar-refractivity contribution is -0.135. The number of pyridine rings is 1. The maximum atomic E-state index is 12.0. The number of aromatic nitrogens is 4. The highest BCUT2D eigenvalue weighted by atomic mass is 16.5. The molecule has 3 heterocycles. The fourth-order valence-corrected chi connectivity index (χ4v) is 4.20. The maximum absolute atomic E-state index is 12.0. The van der Waals surface area contributed by atoms with Crippen molar-refractivity contribution in [3.63, 3.8) is 0 Å². The van der Waals surface area contributed by atoms with Crippen molar-refractivity contribution in [3.8, 4) is 22.9 Å². The maximum Gasteiger partial charge on any atom is 0.323 e. The third-order valence-electron chi connectivity index (χ3n) is 5.84. The number of aryl methyl sites for hydroxylation is 1. The lowest BCUT2D eigenvalue weighted by atomic mass is 10.1. The standard InChI is InChI=1S/C27H31N5O4/c1-6-36-27-21(8-7-13-28-27)22-14-23(26-25(17(2)3)29-18(4)32(26)30-22)31(16-24(33)34)15-19-9-11-20(35-5)12-10-19/h7-14,17H,6,15-16H2,1-5H3,(H,33,34). The molecule has 1 N–H and O–H groups in total. The molecule has 4 aromatic rings. The number of carbonyl (C=O) groups is 1. The minimum absolute atomic E-state index is 0.116. The topological polar surface area (TPSA) is 102 Å². The molecule has 9 heteroatoms. The van der Waals surface area contributed by atoms with Gasteiger partial charge in [-0.05, 0) is 55.7 Å². The number of hydrogen-bond donors (Lipinski definition) is 1. The first-order chi connectivity index (χ1) is 17.3. The van der Waals surface area contributed by atoms with Gasteiger partial charge in [-0.3, -0.25) is 4.79 Å². The SMILES string of the molecule is CCOc1ncccc1-c1cc(N(CC(=O)O)Cc2ccc(OC)cc2)c2c(C(C)C)nc(C)n2n1. The summed E-state index contributed by atoms with van der Waals surface area (Å²) in [5.41, 5.74) is 4.68. The van der Waals surface area contributed by atoms with Gasteiger partial charge in [0.15, 0.2) is 0 Å². The van der Waals surface area contributed by atoms with Gasteiger partial charge >= 0.3 is 5.97 Å². The zero-order valence-corrected chi connectivity index (χ0v) is 21.2. The van der Waals surface area contributed by atoms with E-state index in [9.17, 15) is 9.90 Å². The van der Waals surface area contributed by atoms with E-state index in [4.69, 9.17) is 19.6 Å². The van der Waals surface area contributed by atoms with E-state index in [1.807, 2.05) is 61.2 Å². The summed E-state index contributed by atoms with van der Waals surface area (Å²) in [6.45, 7) is 8.58. The lowest BCUT2D eigenvalue weighted by Gasteiger charge is -2.25. The summed E-state index contributed by atoms with van der Waals surface area (Å²) >= 11 is 0. The van der Waals surface area contributed by atoms with E-state index in [-0.39, 0.29) is 12.5 Å². The van der Waals surface area contributed by atoms with E-state index < -0.39 is 5.97 Å². The molecule has 0 atom stereocenters. The van der Waals surface area contributed by atoms with Crippen molar-refractivity contribution in [1.82, 2.24) is 19.6 Å². The van der Waals surface area contributed by atoms with Gasteiger partial charge in [-0.2, -0.15) is 5.10 Å². The van der Waals surface area contributed by atoms with Crippen LogP contribution in [0.2, 0.25) is 0 Å². The summed E-state index contributed by atoms with van der Waals surface area (Å²) in [7, 11) is 1.62. The molecule has 0 aliphatic rings. The molecule has 9 nitrogen and oxygen atoms in total. The largest absolute Gasteiger partial charge is 0.497 e. The predicted octanol–water partition coefficient (Wildman–Crippen LogP) is 4.72. The molecule has 0 radical (unpaired) electrons. The molecule has 4 rings (SSSR count). The second kappa shape index (κ2) is 10.6. The van der Waals surface area contributed by atoms with Crippen LogP contribution in [0.1, 0.15) is 43.8 Å². The Morgan fingerprint density at radius 1 is 1.19 bits per heavy atom. The minimum atomic E-state index is -0.932. The van der Waals surface area contributed by atoms with E-state index in [1.165, 1.54) is 0 Å². The van der Waals surface area contributed by atoms with Crippen molar-refractivity contribution in [2.45, 2.75) is 40.2 Å². The number of ether oxygens (including phenoxy) is 2. The quantitative estimate of drug-likeness (QED) is 0.341. The van der Waals surface area contributed by atoms with Crippen LogP contribution in [0.3, 0.4) is 0 Å². The molecule has 1 aromatic carbocycles. The van der Waals surface area contributed by atoms with Gasteiger partial charge < -0.3 is 19.5 Å². The fourth-order valence-electron chi connectivity index (χ4n) is 4.20. The number of aliphatic carboxylic acids is 1. The monoisotopic (exact) mass is 489 g/mol. The first-order valence-electron chi connectivity index (χ1n) is 11.9. The van der Waals surface area contributed by atoms with Crippen LogP contribution in [-0.2, 0) is 11.3 Å². The van der Waals surface area contributed by atoms with Crippen molar-refractivity contribution in [2.75, 3.05) is 25.2 Å². The number of carboxylic acid groups (broad SMARTS) is 1. The van der Waals surface area contributed by atoms with E-state index >= 15 is 0 Å². The van der Waals surface area contributed by atoms with E-state index in [2.05, 4.69) is 18.8 Å². The molecule has 0 unspecified atom stereocenters. The average molecular weight is 490 g/mol. The van der Waals surface area contributed by atoms with Gasteiger partial charge in [-0.15, -0.1) is 0 Å². The Kier molecular flexibility index (Phi) is 7.38. The first kappa shape index (κ1) is 25.0. The molecular weight excluding hydrogens is 458 g/mol. The van der Waals surface area contributed by atoms with Crippen LogP contribution in [0.25, 0.3) is 16.8 Å². The zero-order chi connectivity index (χ0) is 25.8. The van der Waals surface area contributed by atoms with Gasteiger partial charge in [0, 0.05) is 12.7 Å². The van der Waals surface area contributed by atoms with Crippen LogP contribution in [0, 0.1) is 6.92 Å². The number of methoxy groups -OCH3 is 1. The molecule has 0 fully saturated rings. The first-order valence-corrected chi connectivity index (χ1v) is 11.9. The van der Waals surface area contributed by atoms with Crippen molar-refractivity contribution in [1.29, 1.82) is 0 Å². The summed E-state index contributed by atoms with van der Waals surface area (Å²) in [5.74, 6) is 1.12. The van der Waals surface area contributed by atoms with Gasteiger partial charge in [-0.25, -0.2) is 14.5 Å². The number of hydrogen-bond acceptors (Lipinski definition) is 7. The molecule has 0 aliphatic carbocycles. The van der Waals surface area contributed by atoms with Crippen molar-refractivity contribution in [2.24, 2.45) is 0 Å². The summed E-state index contributed by atoms with van der Waals surface area (Å²) < 4.78 is 12.8. The number of imidazole rings is 1. The van der Waals surface area contributed by atoms with Crippen LogP contribution in [0.15, 0.2) is 48.7 Å². The predicted molar refractivity (Wildman–Crippen MR) is 138 cm³/mol. The molecule has 0 saturated carbocycles. The summed E-state index contributed by atoms with van der Waals surface area (Å²) in [6, 6.07) is 13.3. The second-order valence-corrected chi connectivity index (χ2v) is 8.76.